The molecule has 1 atom stereocenters. The molecule has 0 aliphatic carbocycles. The predicted molar refractivity (Wildman–Crippen MR) is 96.2 cm³/mol. The number of nitro benzene ring substituents is 1. The number of aliphatic hydroxyl groups excluding tert-OH is 1. The van der Waals surface area contributed by atoms with E-state index in [4.69, 9.17) is 4.74 Å². The van der Waals surface area contributed by atoms with E-state index in [2.05, 4.69) is 0 Å². The summed E-state index contributed by atoms with van der Waals surface area (Å²) in [7, 11) is 2.95. The molecular formula is C19H16N2O6. The number of benzene rings is 2. The molecule has 1 fully saturated rings. The van der Waals surface area contributed by atoms with Gasteiger partial charge in [0, 0.05) is 24.7 Å². The van der Waals surface area contributed by atoms with Crippen molar-refractivity contribution in [3.8, 4) is 5.75 Å². The van der Waals surface area contributed by atoms with Gasteiger partial charge in [-0.25, -0.2) is 0 Å². The molecule has 0 saturated carbocycles. The van der Waals surface area contributed by atoms with Crippen molar-refractivity contribution in [2.45, 2.75) is 6.04 Å². The van der Waals surface area contributed by atoms with Crippen molar-refractivity contribution < 1.29 is 24.4 Å². The van der Waals surface area contributed by atoms with Crippen molar-refractivity contribution in [1.82, 2.24) is 4.90 Å². The quantitative estimate of drug-likeness (QED) is 0.292. The average molecular weight is 368 g/mol. The van der Waals surface area contributed by atoms with E-state index in [9.17, 15) is 24.8 Å². The lowest BCUT2D eigenvalue weighted by molar-refractivity contribution is -0.384. The van der Waals surface area contributed by atoms with Crippen LogP contribution >= 0.6 is 0 Å². The second kappa shape index (κ2) is 6.91. The summed E-state index contributed by atoms with van der Waals surface area (Å²) in [5.41, 5.74) is 0.662. The van der Waals surface area contributed by atoms with Crippen molar-refractivity contribution in [1.29, 1.82) is 0 Å². The minimum Gasteiger partial charge on any atom is -0.507 e. The van der Waals surface area contributed by atoms with Gasteiger partial charge in [0.15, 0.2) is 0 Å². The number of likely N-dealkylation sites (tertiary alicyclic amines) is 1. The first-order valence-electron chi connectivity index (χ1n) is 7.98. The second-order valence-corrected chi connectivity index (χ2v) is 5.99. The van der Waals surface area contributed by atoms with Gasteiger partial charge in [0.2, 0.25) is 0 Å². The lowest BCUT2D eigenvalue weighted by Gasteiger charge is -2.20. The van der Waals surface area contributed by atoms with Gasteiger partial charge >= 0.3 is 0 Å². The first kappa shape index (κ1) is 18.1. The summed E-state index contributed by atoms with van der Waals surface area (Å²) in [6, 6.07) is 11.1. The van der Waals surface area contributed by atoms with Crippen LogP contribution in [-0.2, 0) is 9.59 Å². The van der Waals surface area contributed by atoms with E-state index < -0.39 is 22.7 Å². The number of nitrogens with zero attached hydrogens (tertiary/aromatic N) is 2. The van der Waals surface area contributed by atoms with Crippen molar-refractivity contribution >= 4 is 23.1 Å². The molecule has 1 heterocycles. The molecule has 0 spiro atoms. The number of ketones is 1. The van der Waals surface area contributed by atoms with Gasteiger partial charge in [0.05, 0.1) is 23.6 Å². The number of amides is 1. The van der Waals surface area contributed by atoms with E-state index in [1.54, 1.807) is 24.3 Å². The number of hydrogen-bond donors (Lipinski definition) is 1. The Morgan fingerprint density at radius 1 is 1.11 bits per heavy atom. The van der Waals surface area contributed by atoms with Crippen molar-refractivity contribution in [3.63, 3.8) is 0 Å². The van der Waals surface area contributed by atoms with Gasteiger partial charge < -0.3 is 14.7 Å². The number of methoxy groups -OCH3 is 1. The SMILES string of the molecule is COc1ccc(/C(O)=C2\C(=O)C(=O)N(C)[C@@H]2c2ccc([N+](=O)[O-])cc2)cc1. The Balaban J connectivity index is 2.10. The number of Topliss-reactive ketones (excluding diaryl/α,β-unsaturated/α-hetero) is 1. The number of carbonyl (C=O) groups excluding carboxylic acids is 2. The number of likely N-dealkylation sites (N-methyl/N-ethyl adjacent to an activating group) is 1. The van der Waals surface area contributed by atoms with Crippen LogP contribution in [0.15, 0.2) is 54.1 Å². The minimum atomic E-state index is -0.840. The summed E-state index contributed by atoms with van der Waals surface area (Å²) in [6.07, 6.45) is 0. The van der Waals surface area contributed by atoms with Crippen LogP contribution in [0.2, 0.25) is 0 Å². The van der Waals surface area contributed by atoms with E-state index in [0.717, 1.165) is 0 Å². The summed E-state index contributed by atoms with van der Waals surface area (Å²) >= 11 is 0. The molecule has 1 N–H and O–H groups in total. The maximum atomic E-state index is 12.5. The zero-order valence-corrected chi connectivity index (χ0v) is 14.6. The van der Waals surface area contributed by atoms with Gasteiger partial charge in [-0.1, -0.05) is 0 Å². The summed E-state index contributed by atoms with van der Waals surface area (Å²) in [5.74, 6) is -1.30. The van der Waals surface area contributed by atoms with E-state index in [1.165, 1.54) is 43.3 Å². The van der Waals surface area contributed by atoms with Crippen LogP contribution in [0.25, 0.3) is 5.76 Å². The summed E-state index contributed by atoms with van der Waals surface area (Å²) in [6.45, 7) is 0. The fourth-order valence-electron chi connectivity index (χ4n) is 3.02. The number of non-ortho nitro benzene ring substituents is 1. The molecule has 8 nitrogen and oxygen atoms in total. The highest BCUT2D eigenvalue weighted by Crippen LogP contribution is 2.38. The lowest BCUT2D eigenvalue weighted by atomic mass is 9.95. The van der Waals surface area contributed by atoms with Gasteiger partial charge in [-0.05, 0) is 42.0 Å². The van der Waals surface area contributed by atoms with E-state index in [-0.39, 0.29) is 17.0 Å². The number of hydrogen-bond acceptors (Lipinski definition) is 6. The third-order valence-electron chi connectivity index (χ3n) is 4.46. The highest BCUT2D eigenvalue weighted by molar-refractivity contribution is 6.46. The summed E-state index contributed by atoms with van der Waals surface area (Å²) < 4.78 is 5.07. The van der Waals surface area contributed by atoms with Crippen LogP contribution in [0.5, 0.6) is 5.75 Å². The van der Waals surface area contributed by atoms with Gasteiger partial charge in [-0.3, -0.25) is 19.7 Å². The van der Waals surface area contributed by atoms with E-state index in [1.807, 2.05) is 0 Å². The normalized spacial score (nSPS) is 18.6. The zero-order chi connectivity index (χ0) is 19.7. The average Bonchev–Trinajstić information content (AvgIpc) is 2.91. The third kappa shape index (κ3) is 3.12. The minimum absolute atomic E-state index is 0.0680. The highest BCUT2D eigenvalue weighted by Gasteiger charge is 2.44. The Kier molecular flexibility index (Phi) is 4.64. The van der Waals surface area contributed by atoms with Gasteiger partial charge in [0.25, 0.3) is 17.4 Å². The molecular weight excluding hydrogens is 352 g/mol. The second-order valence-electron chi connectivity index (χ2n) is 5.99. The molecule has 0 unspecified atom stereocenters. The van der Waals surface area contributed by atoms with E-state index in [0.29, 0.717) is 16.9 Å². The molecule has 0 radical (unpaired) electrons. The Hall–Kier alpha value is -3.68. The molecule has 1 aliphatic rings. The van der Waals surface area contributed by atoms with Crippen LogP contribution in [0.1, 0.15) is 17.2 Å². The molecule has 27 heavy (non-hydrogen) atoms. The molecule has 0 aromatic heterocycles. The zero-order valence-electron chi connectivity index (χ0n) is 14.6. The van der Waals surface area contributed by atoms with Gasteiger partial charge in [0.1, 0.15) is 11.5 Å². The number of nitro groups is 1. The molecule has 1 saturated heterocycles. The summed E-state index contributed by atoms with van der Waals surface area (Å²) in [5, 5.41) is 21.5. The molecule has 2 aromatic rings. The fraction of sp³-hybridized carbons (Fsp3) is 0.158. The Bertz CT molecular complexity index is 947. The van der Waals surface area contributed by atoms with Crippen molar-refractivity contribution in [2.24, 2.45) is 0 Å². The highest BCUT2D eigenvalue weighted by atomic mass is 16.6. The standard InChI is InChI=1S/C19H16N2O6/c1-20-16(11-3-7-13(8-4-11)21(25)26)15(18(23)19(20)24)17(22)12-5-9-14(27-2)10-6-12/h3-10,16,22H,1-2H3/b17-15+/t16-/m1/s1. The monoisotopic (exact) mass is 368 g/mol. The third-order valence-corrected chi connectivity index (χ3v) is 4.46. The first-order chi connectivity index (χ1) is 12.8. The van der Waals surface area contributed by atoms with Gasteiger partial charge in [-0.15, -0.1) is 0 Å². The first-order valence-corrected chi connectivity index (χ1v) is 7.98. The van der Waals surface area contributed by atoms with Crippen LogP contribution in [0.4, 0.5) is 5.69 Å². The van der Waals surface area contributed by atoms with Gasteiger partial charge in [-0.2, -0.15) is 0 Å². The molecule has 8 heteroatoms. The van der Waals surface area contributed by atoms with Crippen LogP contribution in [-0.4, -0.2) is 40.8 Å². The van der Waals surface area contributed by atoms with E-state index >= 15 is 0 Å². The Morgan fingerprint density at radius 3 is 2.22 bits per heavy atom. The molecule has 1 aliphatic heterocycles. The molecule has 1 amide bonds. The molecule has 2 aromatic carbocycles. The van der Waals surface area contributed by atoms with Crippen LogP contribution in [0.3, 0.4) is 0 Å². The maximum Gasteiger partial charge on any atom is 0.295 e. The van der Waals surface area contributed by atoms with Crippen molar-refractivity contribution in [2.75, 3.05) is 14.2 Å². The topological polar surface area (TPSA) is 110 Å². The smallest absolute Gasteiger partial charge is 0.295 e. The number of ether oxygens (including phenoxy) is 1. The Labute approximate surface area is 154 Å². The Morgan fingerprint density at radius 2 is 1.70 bits per heavy atom. The molecule has 3 rings (SSSR count). The van der Waals surface area contributed by atoms with Crippen LogP contribution in [0, 0.1) is 10.1 Å². The number of rotatable bonds is 4. The van der Waals surface area contributed by atoms with Crippen LogP contribution < -0.4 is 4.74 Å². The largest absolute Gasteiger partial charge is 0.507 e. The number of carbonyl (C=O) groups is 2. The molecule has 0 bridgehead atoms. The summed E-state index contributed by atoms with van der Waals surface area (Å²) in [4.78, 5) is 36.2. The van der Waals surface area contributed by atoms with Crippen molar-refractivity contribution in [3.05, 3.63) is 75.3 Å². The maximum absolute atomic E-state index is 12.5. The fourth-order valence-corrected chi connectivity index (χ4v) is 3.02. The predicted octanol–water partition coefficient (Wildman–Crippen LogP) is 2.65. The molecule has 138 valence electrons. The lowest BCUT2D eigenvalue weighted by Crippen LogP contribution is -2.24. The number of aliphatic hydroxyl groups is 1.